The maximum absolute atomic E-state index is 11.5. The summed E-state index contributed by atoms with van der Waals surface area (Å²) in [6, 6.07) is 0. The van der Waals surface area contributed by atoms with Crippen molar-refractivity contribution in [3.05, 3.63) is 16.1 Å². The van der Waals surface area contributed by atoms with Gasteiger partial charge in [0.1, 0.15) is 16.2 Å². The summed E-state index contributed by atoms with van der Waals surface area (Å²) in [7, 11) is 0. The van der Waals surface area contributed by atoms with Gasteiger partial charge in [0.2, 0.25) is 0 Å². The van der Waals surface area contributed by atoms with Gasteiger partial charge in [-0.25, -0.2) is 4.98 Å². The second-order valence-electron chi connectivity index (χ2n) is 3.79. The average molecular weight is 257 g/mol. The molecular formula is C10H13BrN2O. The van der Waals surface area contributed by atoms with E-state index in [2.05, 4.69) is 25.5 Å². The van der Waals surface area contributed by atoms with Crippen LogP contribution in [0.4, 0.5) is 0 Å². The first-order valence-corrected chi connectivity index (χ1v) is 5.63. The van der Waals surface area contributed by atoms with Crippen LogP contribution in [0.15, 0.2) is 4.60 Å². The fourth-order valence-corrected chi connectivity index (χ4v) is 2.89. The Labute approximate surface area is 91.6 Å². The van der Waals surface area contributed by atoms with Crippen LogP contribution in [0.5, 0.6) is 0 Å². The van der Waals surface area contributed by atoms with Crippen LogP contribution in [0.25, 0.3) is 0 Å². The van der Waals surface area contributed by atoms with Gasteiger partial charge in [0, 0.05) is 6.54 Å². The van der Waals surface area contributed by atoms with Gasteiger partial charge in [0.25, 0.3) is 0 Å². The number of halogens is 1. The monoisotopic (exact) mass is 256 g/mol. The summed E-state index contributed by atoms with van der Waals surface area (Å²) in [4.78, 5) is 15.8. The molecule has 3 nitrogen and oxygen atoms in total. The summed E-state index contributed by atoms with van der Waals surface area (Å²) in [5.74, 6) is 1.28. The van der Waals surface area contributed by atoms with Crippen LogP contribution in [0, 0.1) is 6.92 Å². The molecule has 1 unspecified atom stereocenters. The molecular weight excluding hydrogens is 244 g/mol. The van der Waals surface area contributed by atoms with E-state index in [0.29, 0.717) is 0 Å². The van der Waals surface area contributed by atoms with Gasteiger partial charge in [-0.15, -0.1) is 0 Å². The lowest BCUT2D eigenvalue weighted by Gasteiger charge is -2.23. The van der Waals surface area contributed by atoms with Gasteiger partial charge >= 0.3 is 0 Å². The molecule has 0 saturated carbocycles. The fraction of sp³-hybridized carbons (Fsp3) is 0.600. The topological polar surface area (TPSA) is 34.9 Å². The van der Waals surface area contributed by atoms with E-state index in [1.54, 1.807) is 6.92 Å². The predicted molar refractivity (Wildman–Crippen MR) is 57.3 cm³/mol. The number of carbonyl (C=O) groups is 1. The van der Waals surface area contributed by atoms with Gasteiger partial charge in [-0.2, -0.15) is 0 Å². The summed E-state index contributed by atoms with van der Waals surface area (Å²) in [5.41, 5.74) is 1.07. The summed E-state index contributed by atoms with van der Waals surface area (Å²) in [6.45, 7) is 4.63. The van der Waals surface area contributed by atoms with E-state index in [4.69, 9.17) is 0 Å². The lowest BCUT2D eigenvalue weighted by atomic mass is 9.93. The zero-order valence-corrected chi connectivity index (χ0v) is 9.97. The first-order valence-electron chi connectivity index (χ1n) is 4.84. The Morgan fingerprint density at radius 1 is 1.64 bits per heavy atom. The van der Waals surface area contributed by atoms with Crippen molar-refractivity contribution in [3.63, 3.8) is 0 Å². The summed E-state index contributed by atoms with van der Waals surface area (Å²) in [6.07, 6.45) is 2.03. The smallest absolute Gasteiger partial charge is 0.138 e. The number of fused-ring (bicyclic) bond motifs is 1. The molecule has 4 heteroatoms. The number of aromatic nitrogens is 2. The lowest BCUT2D eigenvalue weighted by molar-refractivity contribution is -0.118. The van der Waals surface area contributed by atoms with Crippen molar-refractivity contribution in [3.8, 4) is 0 Å². The van der Waals surface area contributed by atoms with E-state index in [-0.39, 0.29) is 11.7 Å². The predicted octanol–water partition coefficient (Wildman–Crippen LogP) is 2.42. The van der Waals surface area contributed by atoms with Gasteiger partial charge in [0.15, 0.2) is 0 Å². The Morgan fingerprint density at radius 2 is 2.36 bits per heavy atom. The van der Waals surface area contributed by atoms with Gasteiger partial charge in [0.05, 0.1) is 11.6 Å². The fourth-order valence-electron chi connectivity index (χ4n) is 2.15. The van der Waals surface area contributed by atoms with Crippen molar-refractivity contribution in [2.24, 2.45) is 0 Å². The van der Waals surface area contributed by atoms with Crippen molar-refractivity contribution in [1.82, 2.24) is 9.55 Å². The number of Topliss-reactive ketones (excluding diaryl/α,β-unsaturated/α-hetero) is 1. The molecule has 1 aromatic rings. The van der Waals surface area contributed by atoms with Crippen molar-refractivity contribution in [2.45, 2.75) is 39.2 Å². The second-order valence-corrected chi connectivity index (χ2v) is 4.54. The van der Waals surface area contributed by atoms with Crippen LogP contribution in [0.1, 0.15) is 37.2 Å². The molecule has 14 heavy (non-hydrogen) atoms. The van der Waals surface area contributed by atoms with E-state index in [9.17, 15) is 4.79 Å². The second kappa shape index (κ2) is 3.50. The number of rotatable bonds is 1. The number of carbonyl (C=O) groups excluding carboxylic acids is 1. The van der Waals surface area contributed by atoms with Gasteiger partial charge in [-0.1, -0.05) is 0 Å². The zero-order chi connectivity index (χ0) is 10.3. The Morgan fingerprint density at radius 3 is 3.00 bits per heavy atom. The third-order valence-corrected chi connectivity index (χ3v) is 3.43. The average Bonchev–Trinajstić information content (AvgIpc) is 2.43. The Hall–Kier alpha value is -0.640. The molecule has 0 spiro atoms. The molecule has 0 radical (unpaired) electrons. The number of nitrogens with zero attached hydrogens (tertiary/aromatic N) is 2. The highest BCUT2D eigenvalue weighted by Crippen LogP contribution is 2.33. The molecule has 0 N–H and O–H groups in total. The van der Waals surface area contributed by atoms with Crippen LogP contribution in [-0.4, -0.2) is 15.3 Å². The zero-order valence-electron chi connectivity index (χ0n) is 8.38. The van der Waals surface area contributed by atoms with E-state index >= 15 is 0 Å². The van der Waals surface area contributed by atoms with Crippen molar-refractivity contribution in [2.75, 3.05) is 0 Å². The van der Waals surface area contributed by atoms with E-state index in [1.165, 1.54) is 0 Å². The third-order valence-electron chi connectivity index (χ3n) is 2.85. The molecule has 1 aliphatic heterocycles. The minimum atomic E-state index is 0.0410. The molecule has 0 aliphatic carbocycles. The molecule has 1 aromatic heterocycles. The molecule has 1 atom stereocenters. The summed E-state index contributed by atoms with van der Waals surface area (Å²) >= 11 is 3.43. The highest BCUT2D eigenvalue weighted by atomic mass is 79.9. The van der Waals surface area contributed by atoms with E-state index < -0.39 is 0 Å². The first-order chi connectivity index (χ1) is 6.61. The van der Waals surface area contributed by atoms with Gasteiger partial charge < -0.3 is 4.57 Å². The number of ketones is 1. The molecule has 2 heterocycles. The largest absolute Gasteiger partial charge is 0.331 e. The number of imidazole rings is 1. The molecule has 0 saturated heterocycles. The van der Waals surface area contributed by atoms with Gasteiger partial charge in [-0.3, -0.25) is 4.79 Å². The standard InChI is InChI=1S/C10H13BrN2O/c1-6(14)8-4-3-5-13-7(2)12-10(11)9(8)13/h8H,3-5H2,1-2H3. The molecule has 0 bridgehead atoms. The van der Waals surface area contributed by atoms with Crippen molar-refractivity contribution >= 4 is 21.7 Å². The van der Waals surface area contributed by atoms with Crippen molar-refractivity contribution in [1.29, 1.82) is 0 Å². The number of aryl methyl sites for hydroxylation is 1. The molecule has 76 valence electrons. The molecule has 0 aromatic carbocycles. The SMILES string of the molecule is CC(=O)C1CCCn2c(C)nc(Br)c21. The third kappa shape index (κ3) is 1.41. The van der Waals surface area contributed by atoms with E-state index in [1.807, 2.05) is 6.92 Å². The molecule has 1 aliphatic rings. The first kappa shape index (κ1) is 9.90. The highest BCUT2D eigenvalue weighted by Gasteiger charge is 2.28. The Kier molecular flexibility index (Phi) is 2.47. The molecule has 0 fully saturated rings. The van der Waals surface area contributed by atoms with Crippen LogP contribution < -0.4 is 0 Å². The minimum Gasteiger partial charge on any atom is -0.331 e. The molecule has 2 rings (SSSR count). The maximum atomic E-state index is 11.5. The molecule has 0 amide bonds. The number of hydrogen-bond acceptors (Lipinski definition) is 2. The summed E-state index contributed by atoms with van der Waals surface area (Å²) in [5, 5.41) is 0. The normalized spacial score (nSPS) is 20.6. The maximum Gasteiger partial charge on any atom is 0.138 e. The van der Waals surface area contributed by atoms with Crippen molar-refractivity contribution < 1.29 is 4.79 Å². The van der Waals surface area contributed by atoms with Gasteiger partial charge in [-0.05, 0) is 42.6 Å². The Balaban J connectivity index is 2.53. The van der Waals surface area contributed by atoms with Crippen LogP contribution in [0.3, 0.4) is 0 Å². The lowest BCUT2D eigenvalue weighted by Crippen LogP contribution is -2.21. The van der Waals surface area contributed by atoms with Crippen LogP contribution in [0.2, 0.25) is 0 Å². The number of hydrogen-bond donors (Lipinski definition) is 0. The quantitative estimate of drug-likeness (QED) is 0.774. The van der Waals surface area contributed by atoms with E-state index in [0.717, 1.165) is 35.5 Å². The summed E-state index contributed by atoms with van der Waals surface area (Å²) < 4.78 is 2.99. The minimum absolute atomic E-state index is 0.0410. The van der Waals surface area contributed by atoms with Crippen LogP contribution >= 0.6 is 15.9 Å². The highest BCUT2D eigenvalue weighted by molar-refractivity contribution is 9.10. The Bertz CT molecular complexity index is 384. The van der Waals surface area contributed by atoms with Crippen LogP contribution in [-0.2, 0) is 11.3 Å².